The van der Waals surface area contributed by atoms with E-state index in [2.05, 4.69) is 73.5 Å². The van der Waals surface area contributed by atoms with Crippen LogP contribution in [-0.4, -0.2) is 94.1 Å². The van der Waals surface area contributed by atoms with Gasteiger partial charge in [0.2, 0.25) is 0 Å². The second kappa shape index (κ2) is 11.3. The number of aromatic nitrogens is 3. The number of pyridine rings is 1. The number of urea groups is 1. The largest absolute Gasteiger partial charge is 0.355 e. The SMILES string of the molecule is CC(C)N1CCN(CCNC(=O)N2CC=C(c3cc4c(Nc5ccc6ncsc6c5)ccnc4[nH]3)CC2)CC1. The van der Waals surface area contributed by atoms with Crippen LogP contribution in [0.4, 0.5) is 16.2 Å². The summed E-state index contributed by atoms with van der Waals surface area (Å²) in [5.41, 5.74) is 8.05. The highest BCUT2D eigenvalue weighted by Crippen LogP contribution is 2.31. The average Bonchev–Trinajstić information content (AvgIpc) is 3.61. The Kier molecular flexibility index (Phi) is 7.49. The number of hydrogen-bond donors (Lipinski definition) is 3. The van der Waals surface area contributed by atoms with Crippen molar-refractivity contribution in [3.63, 3.8) is 0 Å². The van der Waals surface area contributed by atoms with Crippen LogP contribution in [0.2, 0.25) is 0 Å². The van der Waals surface area contributed by atoms with E-state index in [0.29, 0.717) is 25.7 Å². The smallest absolute Gasteiger partial charge is 0.317 e. The maximum absolute atomic E-state index is 12.8. The van der Waals surface area contributed by atoms with E-state index in [1.165, 1.54) is 5.57 Å². The summed E-state index contributed by atoms with van der Waals surface area (Å²) >= 11 is 1.64. The van der Waals surface area contributed by atoms with Gasteiger partial charge in [0, 0.05) is 81.4 Å². The zero-order valence-electron chi connectivity index (χ0n) is 22.6. The van der Waals surface area contributed by atoms with Crippen molar-refractivity contribution in [3.8, 4) is 0 Å². The highest BCUT2D eigenvalue weighted by molar-refractivity contribution is 7.16. The normalized spacial score (nSPS) is 17.2. The highest BCUT2D eigenvalue weighted by Gasteiger charge is 2.21. The Morgan fingerprint density at radius 2 is 1.97 bits per heavy atom. The van der Waals surface area contributed by atoms with Crippen molar-refractivity contribution in [2.75, 3.05) is 57.7 Å². The topological polar surface area (TPSA) is 92.4 Å². The van der Waals surface area contributed by atoms with Crippen molar-refractivity contribution in [1.82, 2.24) is 35.0 Å². The fraction of sp³-hybridized carbons (Fsp3) is 0.414. The van der Waals surface area contributed by atoms with E-state index in [0.717, 1.165) is 77.5 Å². The number of carbonyl (C=O) groups is 1. The predicted octanol–water partition coefficient (Wildman–Crippen LogP) is 4.74. The number of hydrogen-bond acceptors (Lipinski definition) is 7. The van der Waals surface area contributed by atoms with E-state index >= 15 is 0 Å². The number of piperazine rings is 1. The van der Waals surface area contributed by atoms with Gasteiger partial charge >= 0.3 is 6.03 Å². The molecule has 10 heteroatoms. The molecule has 2 aliphatic rings. The number of anilines is 2. The van der Waals surface area contributed by atoms with Crippen LogP contribution in [0.15, 0.2) is 48.1 Å². The van der Waals surface area contributed by atoms with E-state index in [-0.39, 0.29) is 6.03 Å². The molecule has 0 atom stereocenters. The summed E-state index contributed by atoms with van der Waals surface area (Å²) in [4.78, 5) is 32.0. The standard InChI is InChI=1S/C29H36N8OS/c1-20(2)36-15-13-35(14-16-36)12-9-31-29(38)37-10-6-21(7-11-37)26-18-23-24(5-8-30-28(23)34-26)33-22-3-4-25-27(17-22)39-19-32-25/h3-6,8,17-20H,7,9-16H2,1-2H3,(H,31,38)(H2,30,33,34). The number of aromatic amines is 1. The molecule has 6 rings (SSSR count). The van der Waals surface area contributed by atoms with Gasteiger partial charge in [-0.15, -0.1) is 11.3 Å². The fourth-order valence-corrected chi connectivity index (χ4v) is 6.15. The molecule has 1 aromatic carbocycles. The summed E-state index contributed by atoms with van der Waals surface area (Å²) in [6.07, 6.45) is 4.79. The summed E-state index contributed by atoms with van der Waals surface area (Å²) in [6, 6.07) is 11.0. The van der Waals surface area contributed by atoms with Gasteiger partial charge in [-0.25, -0.2) is 14.8 Å². The molecule has 0 saturated carbocycles. The summed E-state index contributed by atoms with van der Waals surface area (Å²) in [5, 5.41) is 7.72. The van der Waals surface area contributed by atoms with Gasteiger partial charge in [0.1, 0.15) is 5.65 Å². The molecule has 9 nitrogen and oxygen atoms in total. The van der Waals surface area contributed by atoms with Crippen molar-refractivity contribution in [2.24, 2.45) is 0 Å². The summed E-state index contributed by atoms with van der Waals surface area (Å²) in [5.74, 6) is 0. The third-order valence-electron chi connectivity index (χ3n) is 7.83. The molecular weight excluding hydrogens is 508 g/mol. The van der Waals surface area contributed by atoms with Crippen molar-refractivity contribution in [3.05, 3.63) is 53.8 Å². The molecule has 4 aromatic rings. The van der Waals surface area contributed by atoms with Crippen LogP contribution in [0.5, 0.6) is 0 Å². The molecule has 0 bridgehead atoms. The van der Waals surface area contributed by atoms with Crippen LogP contribution in [0.1, 0.15) is 26.0 Å². The monoisotopic (exact) mass is 544 g/mol. The lowest BCUT2D eigenvalue weighted by atomic mass is 10.0. The van der Waals surface area contributed by atoms with Crippen LogP contribution < -0.4 is 10.6 Å². The van der Waals surface area contributed by atoms with Crippen molar-refractivity contribution >= 4 is 55.6 Å². The zero-order valence-corrected chi connectivity index (χ0v) is 23.4. The quantitative estimate of drug-likeness (QED) is 0.311. The maximum Gasteiger partial charge on any atom is 0.317 e. The molecule has 1 saturated heterocycles. The van der Waals surface area contributed by atoms with Gasteiger partial charge in [-0.1, -0.05) is 6.08 Å². The first-order valence-corrected chi connectivity index (χ1v) is 14.7. The number of amides is 2. The highest BCUT2D eigenvalue weighted by atomic mass is 32.1. The molecule has 3 N–H and O–H groups in total. The second-order valence-corrected chi connectivity index (χ2v) is 11.5. The summed E-state index contributed by atoms with van der Waals surface area (Å²) in [7, 11) is 0. The molecule has 2 aliphatic heterocycles. The lowest BCUT2D eigenvalue weighted by Crippen LogP contribution is -2.51. The number of rotatable bonds is 7. The molecule has 1 fully saturated rings. The Balaban J connectivity index is 1.04. The first-order chi connectivity index (χ1) is 19.0. The summed E-state index contributed by atoms with van der Waals surface area (Å²) < 4.78 is 1.16. The van der Waals surface area contributed by atoms with Crippen LogP contribution >= 0.6 is 11.3 Å². The average molecular weight is 545 g/mol. The second-order valence-electron chi connectivity index (χ2n) is 10.6. The molecule has 5 heterocycles. The summed E-state index contributed by atoms with van der Waals surface area (Å²) in [6.45, 7) is 11.8. The molecule has 204 valence electrons. The Hall–Kier alpha value is -3.47. The van der Waals surface area contributed by atoms with Crippen LogP contribution in [-0.2, 0) is 0 Å². The van der Waals surface area contributed by atoms with Crippen molar-refractivity contribution in [2.45, 2.75) is 26.3 Å². The molecular formula is C29H36N8OS. The van der Waals surface area contributed by atoms with E-state index in [4.69, 9.17) is 0 Å². The molecule has 0 spiro atoms. The van der Waals surface area contributed by atoms with E-state index < -0.39 is 0 Å². The van der Waals surface area contributed by atoms with Gasteiger partial charge in [-0.2, -0.15) is 0 Å². The molecule has 0 radical (unpaired) electrons. The first-order valence-electron chi connectivity index (χ1n) is 13.8. The third-order valence-corrected chi connectivity index (χ3v) is 8.62. The first kappa shape index (κ1) is 25.8. The van der Waals surface area contributed by atoms with E-state index in [9.17, 15) is 4.79 Å². The Morgan fingerprint density at radius 3 is 2.77 bits per heavy atom. The number of fused-ring (bicyclic) bond motifs is 2. The minimum absolute atomic E-state index is 0.0221. The number of nitrogens with one attached hydrogen (secondary N) is 3. The van der Waals surface area contributed by atoms with Crippen molar-refractivity contribution in [1.29, 1.82) is 0 Å². The minimum atomic E-state index is 0.0221. The Bertz CT molecular complexity index is 1480. The van der Waals surface area contributed by atoms with Gasteiger partial charge in [0.15, 0.2) is 0 Å². The van der Waals surface area contributed by atoms with E-state index in [1.54, 1.807) is 11.3 Å². The van der Waals surface area contributed by atoms with Crippen molar-refractivity contribution < 1.29 is 4.79 Å². The number of nitrogens with zero attached hydrogens (tertiary/aromatic N) is 5. The maximum atomic E-state index is 12.8. The number of carbonyl (C=O) groups excluding carboxylic acids is 1. The number of thiazole rings is 1. The van der Waals surface area contributed by atoms with E-state index in [1.807, 2.05) is 28.7 Å². The van der Waals surface area contributed by atoms with Crippen LogP contribution in [0.3, 0.4) is 0 Å². The van der Waals surface area contributed by atoms with Crippen LogP contribution in [0, 0.1) is 0 Å². The molecule has 2 amide bonds. The predicted molar refractivity (Wildman–Crippen MR) is 160 cm³/mol. The molecule has 0 unspecified atom stereocenters. The van der Waals surface area contributed by atoms with Gasteiger partial charge in [-0.3, -0.25) is 9.80 Å². The third kappa shape index (κ3) is 5.78. The zero-order chi connectivity index (χ0) is 26.8. The van der Waals surface area contributed by atoms with Gasteiger partial charge < -0.3 is 20.5 Å². The van der Waals surface area contributed by atoms with Gasteiger partial charge in [0.05, 0.1) is 21.4 Å². The van der Waals surface area contributed by atoms with Gasteiger partial charge in [0.25, 0.3) is 0 Å². The molecule has 0 aliphatic carbocycles. The van der Waals surface area contributed by atoms with Crippen LogP contribution in [0.25, 0.3) is 26.8 Å². The molecule has 3 aromatic heterocycles. The lowest BCUT2D eigenvalue weighted by Gasteiger charge is -2.37. The number of benzene rings is 1. The Labute approximate surface area is 232 Å². The van der Waals surface area contributed by atoms with Gasteiger partial charge in [-0.05, 0) is 56.2 Å². The lowest BCUT2D eigenvalue weighted by molar-refractivity contribution is 0.109. The Morgan fingerprint density at radius 1 is 1.10 bits per heavy atom. The fourth-order valence-electron chi connectivity index (χ4n) is 5.43. The number of H-pyrrole nitrogens is 1. The molecule has 39 heavy (non-hydrogen) atoms. The minimum Gasteiger partial charge on any atom is -0.355 e.